The SMILES string of the molecule is CC(=O)N[C@H]1[C@H](OC[C@H]2O[C@@H](O[C@H]3[C@H](O)[C@@H](NC(C)=O)C(O)O[C@@H]3CO)[C@@H](O)[C@@H](O[C@@H]3O[C@H](CO)[C@@H](O[C@@H]4O[C@H](CO)[C@H](O)[C@H](O)[C@H]4O)[C@H](O)[C@H]3NC(C)=O)[C@@H]2O)O[C@H](CO)[C@@H](O[C@@H]2O[C@H](CO)[C@H](O)[C@H](O)[C@H]2O)[C@@H]1O. The first kappa shape index (κ1) is 62.5. The fourth-order valence-corrected chi connectivity index (χ4v) is 9.63. The first-order valence-corrected chi connectivity index (χ1v) is 24.1. The van der Waals surface area contributed by atoms with Crippen LogP contribution in [0.15, 0.2) is 0 Å². The van der Waals surface area contributed by atoms with Crippen LogP contribution in [0.1, 0.15) is 20.8 Å². The molecule has 76 heavy (non-hydrogen) atoms. The average Bonchev–Trinajstić information content (AvgIpc) is 3.37. The average molecular weight is 1110 g/mol. The van der Waals surface area contributed by atoms with Gasteiger partial charge in [-0.05, 0) is 0 Å². The zero-order valence-corrected chi connectivity index (χ0v) is 40.9. The first-order chi connectivity index (χ1) is 35.9. The van der Waals surface area contributed by atoms with Gasteiger partial charge in [-0.2, -0.15) is 0 Å². The van der Waals surface area contributed by atoms with E-state index < -0.39 is 241 Å². The number of aliphatic hydroxyl groups is 17. The highest BCUT2D eigenvalue weighted by Crippen LogP contribution is 2.36. The molecule has 34 nitrogen and oxygen atoms in total. The zero-order valence-electron chi connectivity index (χ0n) is 40.9. The third-order valence-corrected chi connectivity index (χ3v) is 13.6. The van der Waals surface area contributed by atoms with Crippen molar-refractivity contribution in [1.82, 2.24) is 16.0 Å². The van der Waals surface area contributed by atoms with E-state index in [9.17, 15) is 101 Å². The van der Waals surface area contributed by atoms with E-state index in [1.807, 2.05) is 0 Å². The lowest BCUT2D eigenvalue weighted by Crippen LogP contribution is -2.70. The summed E-state index contributed by atoms with van der Waals surface area (Å²) in [6.45, 7) is -2.60. The molecule has 440 valence electrons. The van der Waals surface area contributed by atoms with Crippen LogP contribution in [-0.2, 0) is 66.5 Å². The molecule has 0 aromatic heterocycles. The van der Waals surface area contributed by atoms with Gasteiger partial charge < -0.3 is 155 Å². The minimum atomic E-state index is -2.27. The molecule has 34 heteroatoms. The minimum Gasteiger partial charge on any atom is -0.394 e. The fourth-order valence-electron chi connectivity index (χ4n) is 9.63. The van der Waals surface area contributed by atoms with Gasteiger partial charge in [0.15, 0.2) is 37.7 Å². The predicted molar refractivity (Wildman–Crippen MR) is 234 cm³/mol. The molecule has 0 aromatic carbocycles. The van der Waals surface area contributed by atoms with Gasteiger partial charge in [0, 0.05) is 20.8 Å². The third kappa shape index (κ3) is 13.7. The van der Waals surface area contributed by atoms with Crippen molar-refractivity contribution in [3.63, 3.8) is 0 Å². The molecule has 0 radical (unpaired) electrons. The maximum atomic E-state index is 12.6. The van der Waals surface area contributed by atoms with Crippen LogP contribution >= 0.6 is 0 Å². The molecule has 20 N–H and O–H groups in total. The predicted octanol–water partition coefficient (Wildman–Crippen LogP) is -13.7. The van der Waals surface area contributed by atoms with Gasteiger partial charge in [0.1, 0.15) is 146 Å². The van der Waals surface area contributed by atoms with Crippen LogP contribution < -0.4 is 16.0 Å². The molecule has 0 aliphatic carbocycles. The van der Waals surface area contributed by atoms with Crippen LogP contribution in [0.25, 0.3) is 0 Å². The lowest BCUT2D eigenvalue weighted by molar-refractivity contribution is -0.381. The van der Waals surface area contributed by atoms with Gasteiger partial charge in [0.05, 0.1) is 39.6 Å². The highest BCUT2D eigenvalue weighted by molar-refractivity contribution is 5.74. The molecule has 6 rings (SSSR count). The van der Waals surface area contributed by atoms with E-state index in [4.69, 9.17) is 52.1 Å². The number of nitrogens with one attached hydrogen (secondary N) is 3. The summed E-state index contributed by atoms with van der Waals surface area (Å²) in [4.78, 5) is 37.2. The van der Waals surface area contributed by atoms with Crippen molar-refractivity contribution in [2.45, 2.75) is 205 Å². The number of hydrogen-bond acceptors (Lipinski definition) is 31. The molecular weight excluding hydrogens is 1040 g/mol. The Hall–Kier alpha value is -2.71. The normalized spacial score (nSPS) is 48.2. The molecular formula is C42H71N3O31. The molecule has 1 unspecified atom stereocenters. The fraction of sp³-hybridized carbons (Fsp3) is 0.929. The van der Waals surface area contributed by atoms with Crippen molar-refractivity contribution < 1.29 is 153 Å². The lowest BCUT2D eigenvalue weighted by atomic mass is 9.94. The van der Waals surface area contributed by atoms with Gasteiger partial charge in [0.25, 0.3) is 0 Å². The Morgan fingerprint density at radius 1 is 0.342 bits per heavy atom. The molecule has 6 saturated heterocycles. The molecule has 6 aliphatic rings. The van der Waals surface area contributed by atoms with Crippen LogP contribution in [-0.4, -0.2) is 328 Å². The minimum absolute atomic E-state index is 0.760. The van der Waals surface area contributed by atoms with Crippen molar-refractivity contribution in [2.24, 2.45) is 0 Å². The topological polar surface area (TPSA) is 533 Å². The molecule has 6 fully saturated rings. The molecule has 0 saturated carbocycles. The molecule has 3 amide bonds. The van der Waals surface area contributed by atoms with Gasteiger partial charge in [-0.25, -0.2) is 0 Å². The molecule has 0 spiro atoms. The van der Waals surface area contributed by atoms with Crippen LogP contribution in [0.2, 0.25) is 0 Å². The summed E-state index contributed by atoms with van der Waals surface area (Å²) >= 11 is 0. The molecule has 0 bridgehead atoms. The standard InChI is InChI=1S/C42H71N3O31/c1-10(51)43-19-25(57)33(15(6-48)67-37(19)65)75-42-32(64)36(76-39-21(45-12(3)53)27(59)35(17(8-50)71-39)74-41-31(63)29(61)23(55)14(5-47)69-41)24(56)18(72-42)9-66-38-20(44-11(2)52)26(58)34(16(7-49)70-38)73-40-30(62)28(60)22(54)13(4-46)68-40/h13-42,46-50,54-65H,4-9H2,1-3H3,(H,43,51)(H,44,52)(H,45,53)/t13-,14-,15-,16-,17-,18-,19-,20-,21-,22+,23+,24-,25-,26-,27-,28+,29+,30-,31-,32+,33-,34-,35-,36+,37?,38-,39+,40+,41+,42+/m1/s1. The second-order valence-corrected chi connectivity index (χ2v) is 19.0. The summed E-state index contributed by atoms with van der Waals surface area (Å²) in [5, 5.41) is 189. The van der Waals surface area contributed by atoms with Crippen LogP contribution in [0.3, 0.4) is 0 Å². The largest absolute Gasteiger partial charge is 0.394 e. The van der Waals surface area contributed by atoms with Crippen molar-refractivity contribution in [3.8, 4) is 0 Å². The van der Waals surface area contributed by atoms with Gasteiger partial charge in [-0.15, -0.1) is 0 Å². The Morgan fingerprint density at radius 2 is 0.671 bits per heavy atom. The smallest absolute Gasteiger partial charge is 0.217 e. The molecule has 6 aliphatic heterocycles. The molecule has 0 aromatic rings. The number of amides is 3. The Balaban J connectivity index is 1.29. The second kappa shape index (κ2) is 27.2. The van der Waals surface area contributed by atoms with Gasteiger partial charge in [0.2, 0.25) is 17.7 Å². The highest BCUT2D eigenvalue weighted by atomic mass is 16.8. The third-order valence-electron chi connectivity index (χ3n) is 13.6. The van der Waals surface area contributed by atoms with Gasteiger partial charge in [-0.3, -0.25) is 14.4 Å². The van der Waals surface area contributed by atoms with Crippen molar-refractivity contribution >= 4 is 17.7 Å². The number of carbonyl (C=O) groups excluding carboxylic acids is 3. The first-order valence-electron chi connectivity index (χ1n) is 24.1. The summed E-state index contributed by atoms with van der Waals surface area (Å²) < 4.78 is 63.4. The van der Waals surface area contributed by atoms with Crippen molar-refractivity contribution in [2.75, 3.05) is 39.6 Å². The Kier molecular flexibility index (Phi) is 22.3. The van der Waals surface area contributed by atoms with E-state index in [-0.39, 0.29) is 0 Å². The summed E-state index contributed by atoms with van der Waals surface area (Å²) in [5.41, 5.74) is 0. The summed E-state index contributed by atoms with van der Waals surface area (Å²) in [7, 11) is 0. The Bertz CT molecular complexity index is 1870. The molecule has 6 heterocycles. The highest BCUT2D eigenvalue weighted by Gasteiger charge is 2.57. The number of ether oxygens (including phenoxy) is 11. The molecule has 30 atom stereocenters. The van der Waals surface area contributed by atoms with E-state index in [1.54, 1.807) is 0 Å². The number of rotatable bonds is 19. The number of aliphatic hydroxyl groups excluding tert-OH is 17. The lowest BCUT2D eigenvalue weighted by Gasteiger charge is -2.50. The van der Waals surface area contributed by atoms with Crippen LogP contribution in [0.5, 0.6) is 0 Å². The Morgan fingerprint density at radius 3 is 1.09 bits per heavy atom. The van der Waals surface area contributed by atoms with E-state index in [0.29, 0.717) is 0 Å². The quantitative estimate of drug-likeness (QED) is 0.0571. The van der Waals surface area contributed by atoms with E-state index in [1.165, 1.54) is 0 Å². The van der Waals surface area contributed by atoms with Crippen molar-refractivity contribution in [3.05, 3.63) is 0 Å². The van der Waals surface area contributed by atoms with E-state index >= 15 is 0 Å². The zero-order chi connectivity index (χ0) is 56.2. The second-order valence-electron chi connectivity index (χ2n) is 19.0. The Labute approximate surface area is 431 Å². The summed E-state index contributed by atoms with van der Waals surface area (Å²) in [6.07, 6.45) is -50.9. The number of carbonyl (C=O) groups is 3. The van der Waals surface area contributed by atoms with Crippen LogP contribution in [0, 0.1) is 0 Å². The van der Waals surface area contributed by atoms with Crippen molar-refractivity contribution in [1.29, 1.82) is 0 Å². The van der Waals surface area contributed by atoms with Gasteiger partial charge >= 0.3 is 0 Å². The van der Waals surface area contributed by atoms with E-state index in [0.717, 1.165) is 20.8 Å². The number of hydrogen-bond donors (Lipinski definition) is 20. The maximum absolute atomic E-state index is 12.6. The summed E-state index contributed by atoms with van der Waals surface area (Å²) in [6, 6.07) is -5.11. The van der Waals surface area contributed by atoms with Gasteiger partial charge in [-0.1, -0.05) is 0 Å². The summed E-state index contributed by atoms with van der Waals surface area (Å²) in [5.74, 6) is -2.43. The van der Waals surface area contributed by atoms with Crippen LogP contribution in [0.4, 0.5) is 0 Å². The maximum Gasteiger partial charge on any atom is 0.217 e. The van der Waals surface area contributed by atoms with E-state index in [2.05, 4.69) is 16.0 Å². The monoisotopic (exact) mass is 1110 g/mol.